The number of nitrogens with zero attached hydrogens (tertiary/aromatic N) is 2. The van der Waals surface area contributed by atoms with Gasteiger partial charge in [-0.15, -0.1) is 0 Å². The van der Waals surface area contributed by atoms with Crippen LogP contribution in [0.3, 0.4) is 0 Å². The molecule has 148 valence electrons. The van der Waals surface area contributed by atoms with Crippen molar-refractivity contribution in [3.05, 3.63) is 66.0 Å². The number of hydrogen-bond acceptors (Lipinski definition) is 4. The molecular formula is C23H30N4O. The van der Waals surface area contributed by atoms with Gasteiger partial charge in [0, 0.05) is 32.0 Å². The third kappa shape index (κ3) is 4.59. The van der Waals surface area contributed by atoms with Crippen molar-refractivity contribution in [3.63, 3.8) is 0 Å². The lowest BCUT2D eigenvalue weighted by atomic mass is 9.77. The van der Waals surface area contributed by atoms with Crippen LogP contribution in [0, 0.1) is 5.41 Å². The second-order valence-corrected chi connectivity index (χ2v) is 8.24. The minimum Gasteiger partial charge on any atom is -0.337 e. The molecule has 1 aromatic heterocycles. The maximum Gasteiger partial charge on any atom is 0.240 e. The van der Waals surface area contributed by atoms with Gasteiger partial charge in [-0.3, -0.25) is 9.78 Å². The van der Waals surface area contributed by atoms with Gasteiger partial charge in [0.15, 0.2) is 0 Å². The Kier molecular flexibility index (Phi) is 6.03. The van der Waals surface area contributed by atoms with E-state index in [0.717, 1.165) is 57.4 Å². The molecule has 0 bridgehead atoms. The van der Waals surface area contributed by atoms with Crippen LogP contribution in [0.1, 0.15) is 30.4 Å². The summed E-state index contributed by atoms with van der Waals surface area (Å²) < 4.78 is 0. The third-order valence-corrected chi connectivity index (χ3v) is 6.24. The number of nitrogens with one attached hydrogen (secondary N) is 2. The molecule has 0 saturated carbocycles. The molecule has 1 spiro atoms. The number of carbonyl (C=O) groups is 1. The quantitative estimate of drug-likeness (QED) is 0.810. The number of hydrogen-bond donors (Lipinski definition) is 2. The Hall–Kier alpha value is -2.24. The molecular weight excluding hydrogens is 348 g/mol. The van der Waals surface area contributed by atoms with Crippen molar-refractivity contribution >= 4 is 5.91 Å². The molecule has 0 radical (unpaired) electrons. The van der Waals surface area contributed by atoms with E-state index >= 15 is 0 Å². The standard InChI is InChI=1S/C23H30N4O/c28-22(21-15-23(18-26-21)9-12-24-13-10-23)27(17-20-7-4-11-25-16-20)14-8-19-5-2-1-3-6-19/h1-7,11,16,21,24,26H,8-10,12-15,17-18H2/t21-/m0/s1. The van der Waals surface area contributed by atoms with Gasteiger partial charge in [-0.1, -0.05) is 36.4 Å². The molecule has 5 nitrogen and oxygen atoms in total. The van der Waals surface area contributed by atoms with Gasteiger partial charge in [0.05, 0.1) is 6.04 Å². The van der Waals surface area contributed by atoms with E-state index < -0.39 is 0 Å². The Morgan fingerprint density at radius 2 is 1.89 bits per heavy atom. The summed E-state index contributed by atoms with van der Waals surface area (Å²) in [6.45, 7) is 4.44. The fourth-order valence-electron chi connectivity index (χ4n) is 4.54. The number of aromatic nitrogens is 1. The van der Waals surface area contributed by atoms with Gasteiger partial charge >= 0.3 is 0 Å². The third-order valence-electron chi connectivity index (χ3n) is 6.24. The van der Waals surface area contributed by atoms with Crippen LogP contribution >= 0.6 is 0 Å². The highest BCUT2D eigenvalue weighted by atomic mass is 16.2. The molecule has 2 fully saturated rings. The van der Waals surface area contributed by atoms with Crippen LogP contribution in [0.4, 0.5) is 0 Å². The van der Waals surface area contributed by atoms with Crippen molar-refractivity contribution in [3.8, 4) is 0 Å². The highest BCUT2D eigenvalue weighted by Gasteiger charge is 2.43. The van der Waals surface area contributed by atoms with Crippen LogP contribution in [0.25, 0.3) is 0 Å². The number of rotatable bonds is 6. The largest absolute Gasteiger partial charge is 0.337 e. The van der Waals surface area contributed by atoms with Gasteiger partial charge in [0.2, 0.25) is 5.91 Å². The van der Waals surface area contributed by atoms with Gasteiger partial charge < -0.3 is 15.5 Å². The van der Waals surface area contributed by atoms with Crippen molar-refractivity contribution in [1.29, 1.82) is 0 Å². The van der Waals surface area contributed by atoms with Crippen LogP contribution < -0.4 is 10.6 Å². The van der Waals surface area contributed by atoms with Crippen LogP contribution in [0.5, 0.6) is 0 Å². The van der Waals surface area contributed by atoms with Gasteiger partial charge in [-0.05, 0) is 61.4 Å². The van der Waals surface area contributed by atoms with Crippen molar-refractivity contribution in [2.45, 2.75) is 38.3 Å². The lowest BCUT2D eigenvalue weighted by molar-refractivity contribution is -0.133. The molecule has 1 aromatic carbocycles. The smallest absolute Gasteiger partial charge is 0.240 e. The first-order valence-corrected chi connectivity index (χ1v) is 10.4. The van der Waals surface area contributed by atoms with Gasteiger partial charge in [0.1, 0.15) is 0 Å². The van der Waals surface area contributed by atoms with E-state index in [-0.39, 0.29) is 11.9 Å². The fraction of sp³-hybridized carbons (Fsp3) is 0.478. The maximum absolute atomic E-state index is 13.4. The van der Waals surface area contributed by atoms with E-state index in [2.05, 4.69) is 39.9 Å². The molecule has 2 aliphatic heterocycles. The highest BCUT2D eigenvalue weighted by Crippen LogP contribution is 2.37. The molecule has 0 aliphatic carbocycles. The molecule has 2 aliphatic rings. The second kappa shape index (κ2) is 8.84. The summed E-state index contributed by atoms with van der Waals surface area (Å²) in [5.41, 5.74) is 2.64. The van der Waals surface area contributed by atoms with Gasteiger partial charge in [-0.2, -0.15) is 0 Å². The second-order valence-electron chi connectivity index (χ2n) is 8.24. The van der Waals surface area contributed by atoms with E-state index in [4.69, 9.17) is 0 Å². The average molecular weight is 379 g/mol. The first-order chi connectivity index (χ1) is 13.7. The summed E-state index contributed by atoms with van der Waals surface area (Å²) >= 11 is 0. The van der Waals surface area contributed by atoms with E-state index in [0.29, 0.717) is 12.0 Å². The molecule has 3 heterocycles. The summed E-state index contributed by atoms with van der Waals surface area (Å²) in [7, 11) is 0. The number of amides is 1. The predicted octanol–water partition coefficient (Wildman–Crippen LogP) is 2.38. The molecule has 1 atom stereocenters. The first kappa shape index (κ1) is 19.1. The number of carbonyl (C=O) groups excluding carboxylic acids is 1. The lowest BCUT2D eigenvalue weighted by Crippen LogP contribution is -2.44. The monoisotopic (exact) mass is 378 g/mol. The summed E-state index contributed by atoms with van der Waals surface area (Å²) in [4.78, 5) is 19.7. The normalized spacial score (nSPS) is 20.9. The maximum atomic E-state index is 13.4. The first-order valence-electron chi connectivity index (χ1n) is 10.4. The lowest BCUT2D eigenvalue weighted by Gasteiger charge is -2.33. The molecule has 4 rings (SSSR count). The van der Waals surface area contributed by atoms with E-state index in [1.165, 1.54) is 5.56 Å². The Morgan fingerprint density at radius 3 is 2.64 bits per heavy atom. The van der Waals surface area contributed by atoms with E-state index in [1.807, 2.05) is 29.3 Å². The van der Waals surface area contributed by atoms with Crippen LogP contribution in [0.15, 0.2) is 54.9 Å². The van der Waals surface area contributed by atoms with E-state index in [9.17, 15) is 4.79 Å². The van der Waals surface area contributed by atoms with Crippen molar-refractivity contribution in [1.82, 2.24) is 20.5 Å². The molecule has 2 N–H and O–H groups in total. The Balaban J connectivity index is 1.45. The summed E-state index contributed by atoms with van der Waals surface area (Å²) in [6, 6.07) is 14.3. The Morgan fingerprint density at radius 1 is 1.11 bits per heavy atom. The SMILES string of the molecule is O=C([C@@H]1CC2(CCNCC2)CN1)N(CCc1ccccc1)Cc1cccnc1. The van der Waals surface area contributed by atoms with E-state index in [1.54, 1.807) is 6.20 Å². The molecule has 1 amide bonds. The van der Waals surface area contributed by atoms with Gasteiger partial charge in [0.25, 0.3) is 0 Å². The van der Waals surface area contributed by atoms with Crippen molar-refractivity contribution in [2.75, 3.05) is 26.2 Å². The van der Waals surface area contributed by atoms with Crippen LogP contribution in [-0.4, -0.2) is 48.0 Å². The Labute approximate surface area is 167 Å². The molecule has 5 heteroatoms. The molecule has 0 unspecified atom stereocenters. The minimum absolute atomic E-state index is 0.0643. The minimum atomic E-state index is -0.0643. The zero-order valence-corrected chi connectivity index (χ0v) is 16.4. The predicted molar refractivity (Wildman–Crippen MR) is 111 cm³/mol. The summed E-state index contributed by atoms with van der Waals surface area (Å²) in [5, 5.41) is 6.99. The molecule has 2 aromatic rings. The number of benzene rings is 1. The zero-order chi connectivity index (χ0) is 19.2. The van der Waals surface area contributed by atoms with Crippen LogP contribution in [-0.2, 0) is 17.8 Å². The van der Waals surface area contributed by atoms with Crippen molar-refractivity contribution in [2.24, 2.45) is 5.41 Å². The number of piperidine rings is 1. The average Bonchev–Trinajstić information content (AvgIpc) is 3.16. The molecule has 28 heavy (non-hydrogen) atoms. The topological polar surface area (TPSA) is 57.3 Å². The van der Waals surface area contributed by atoms with Gasteiger partial charge in [-0.25, -0.2) is 0 Å². The molecule has 2 saturated heterocycles. The Bertz CT molecular complexity index is 759. The van der Waals surface area contributed by atoms with Crippen molar-refractivity contribution < 1.29 is 4.79 Å². The van der Waals surface area contributed by atoms with Crippen LogP contribution in [0.2, 0.25) is 0 Å². The summed E-state index contributed by atoms with van der Waals surface area (Å²) in [6.07, 6.45) is 7.79. The summed E-state index contributed by atoms with van der Waals surface area (Å²) in [5.74, 6) is 0.232. The highest BCUT2D eigenvalue weighted by molar-refractivity contribution is 5.82. The number of pyridine rings is 1. The zero-order valence-electron chi connectivity index (χ0n) is 16.4. The fourth-order valence-corrected chi connectivity index (χ4v) is 4.54.